The van der Waals surface area contributed by atoms with Crippen molar-refractivity contribution in [2.24, 2.45) is 0 Å². The molecule has 98 valence electrons. The molecule has 7 nitrogen and oxygen atoms in total. The highest BCUT2D eigenvalue weighted by atomic mass is 16.6. The molecule has 2 rings (SSSR count). The van der Waals surface area contributed by atoms with Crippen LogP contribution in [0.1, 0.15) is 0 Å². The van der Waals surface area contributed by atoms with Gasteiger partial charge in [-0.25, -0.2) is 4.63 Å². The van der Waals surface area contributed by atoms with Gasteiger partial charge in [-0.05, 0) is 22.4 Å². The van der Waals surface area contributed by atoms with E-state index in [0.717, 1.165) is 5.69 Å². The molecule has 0 aliphatic heterocycles. The van der Waals surface area contributed by atoms with E-state index in [-0.39, 0.29) is 6.10 Å². The zero-order valence-corrected chi connectivity index (χ0v) is 10.3. The van der Waals surface area contributed by atoms with Gasteiger partial charge in [-0.2, -0.15) is 0 Å². The van der Waals surface area contributed by atoms with Crippen LogP contribution in [0.15, 0.2) is 16.8 Å². The van der Waals surface area contributed by atoms with Crippen molar-refractivity contribution in [3.05, 3.63) is 12.1 Å². The van der Waals surface area contributed by atoms with Crippen molar-refractivity contribution in [1.82, 2.24) is 10.3 Å². The molecule has 0 aliphatic carbocycles. The van der Waals surface area contributed by atoms with E-state index in [0.29, 0.717) is 29.9 Å². The average molecular weight is 252 g/mol. The molecule has 0 fully saturated rings. The van der Waals surface area contributed by atoms with Crippen molar-refractivity contribution in [2.75, 3.05) is 38.4 Å². The highest BCUT2D eigenvalue weighted by Crippen LogP contribution is 2.24. The first-order valence-electron chi connectivity index (χ1n) is 5.52. The fourth-order valence-corrected chi connectivity index (χ4v) is 1.65. The molecule has 1 atom stereocenters. The molecule has 1 aromatic heterocycles. The number of hydrogen-bond donors (Lipinski definition) is 2. The number of ether oxygens (including phenoxy) is 2. The van der Waals surface area contributed by atoms with Gasteiger partial charge in [0.15, 0.2) is 11.0 Å². The van der Waals surface area contributed by atoms with Crippen molar-refractivity contribution in [2.45, 2.75) is 6.10 Å². The van der Waals surface area contributed by atoms with E-state index in [4.69, 9.17) is 19.8 Å². The molecule has 0 aliphatic rings. The van der Waals surface area contributed by atoms with Gasteiger partial charge in [-0.1, -0.05) is 0 Å². The predicted octanol–water partition coefficient (Wildman–Crippen LogP) is 0.878. The third-order valence-electron chi connectivity index (χ3n) is 2.65. The summed E-state index contributed by atoms with van der Waals surface area (Å²) in [6.07, 6.45) is -0.0394. The number of benzene rings is 1. The van der Waals surface area contributed by atoms with Crippen LogP contribution >= 0.6 is 0 Å². The maximum Gasteiger partial charge on any atom is 0.160 e. The Labute approximate surface area is 104 Å². The van der Waals surface area contributed by atoms with Gasteiger partial charge in [0.2, 0.25) is 0 Å². The second-order valence-corrected chi connectivity index (χ2v) is 3.86. The van der Waals surface area contributed by atoms with Gasteiger partial charge in [-0.15, -0.1) is 0 Å². The van der Waals surface area contributed by atoms with Crippen LogP contribution in [0, 0.1) is 0 Å². The highest BCUT2D eigenvalue weighted by molar-refractivity contribution is 5.94. The second-order valence-electron chi connectivity index (χ2n) is 3.86. The molecule has 0 amide bonds. The number of nitrogens with two attached hydrogens (primary N) is 1. The Morgan fingerprint density at radius 3 is 2.83 bits per heavy atom. The second kappa shape index (κ2) is 5.65. The Hall–Kier alpha value is -1.86. The summed E-state index contributed by atoms with van der Waals surface area (Å²) >= 11 is 0. The molecule has 0 bridgehead atoms. The summed E-state index contributed by atoms with van der Waals surface area (Å²) < 4.78 is 15.0. The number of hydrogen-bond acceptors (Lipinski definition) is 7. The smallest absolute Gasteiger partial charge is 0.160 e. The number of nitrogens with one attached hydrogen (secondary N) is 1. The molecule has 0 saturated carbocycles. The minimum Gasteiger partial charge on any atom is -0.397 e. The van der Waals surface area contributed by atoms with Gasteiger partial charge in [0, 0.05) is 20.8 Å². The summed E-state index contributed by atoms with van der Waals surface area (Å²) in [6.45, 7) is 1.11. The Kier molecular flexibility index (Phi) is 3.96. The van der Waals surface area contributed by atoms with Gasteiger partial charge >= 0.3 is 0 Å². The number of aromatic nitrogens is 2. The van der Waals surface area contributed by atoms with Crippen LogP contribution in [0.5, 0.6) is 0 Å². The Morgan fingerprint density at radius 2 is 2.11 bits per heavy atom. The Morgan fingerprint density at radius 1 is 1.33 bits per heavy atom. The number of fused-ring (bicyclic) bond motifs is 1. The first kappa shape index (κ1) is 12.6. The molecular weight excluding hydrogens is 236 g/mol. The maximum atomic E-state index is 5.76. The van der Waals surface area contributed by atoms with Crippen molar-refractivity contribution in [3.63, 3.8) is 0 Å². The van der Waals surface area contributed by atoms with Gasteiger partial charge in [-0.3, -0.25) is 0 Å². The van der Waals surface area contributed by atoms with E-state index in [9.17, 15) is 0 Å². The van der Waals surface area contributed by atoms with E-state index in [1.54, 1.807) is 20.3 Å². The molecule has 0 spiro atoms. The molecule has 1 aromatic carbocycles. The molecule has 2 aromatic rings. The molecule has 3 N–H and O–H groups in total. The molecule has 1 heterocycles. The molecule has 18 heavy (non-hydrogen) atoms. The summed E-state index contributed by atoms with van der Waals surface area (Å²) in [6, 6.07) is 3.59. The van der Waals surface area contributed by atoms with Gasteiger partial charge in [0.25, 0.3) is 0 Å². The quantitative estimate of drug-likeness (QED) is 0.736. The van der Waals surface area contributed by atoms with E-state index in [2.05, 4.69) is 15.6 Å². The van der Waals surface area contributed by atoms with E-state index in [1.807, 2.05) is 6.07 Å². The Balaban J connectivity index is 2.12. The summed E-state index contributed by atoms with van der Waals surface area (Å²) in [4.78, 5) is 0. The van der Waals surface area contributed by atoms with Crippen LogP contribution in [0.4, 0.5) is 11.4 Å². The molecule has 1 unspecified atom stereocenters. The first-order chi connectivity index (χ1) is 8.76. The lowest BCUT2D eigenvalue weighted by Gasteiger charge is -2.15. The van der Waals surface area contributed by atoms with Crippen molar-refractivity contribution >= 4 is 22.4 Å². The SMILES string of the molecule is COCC(CNc1ccc(N)c2nonc12)OC. The van der Waals surface area contributed by atoms with E-state index >= 15 is 0 Å². The zero-order valence-electron chi connectivity index (χ0n) is 10.3. The Bertz CT molecular complexity index is 514. The lowest BCUT2D eigenvalue weighted by molar-refractivity contribution is 0.0366. The highest BCUT2D eigenvalue weighted by Gasteiger charge is 2.12. The van der Waals surface area contributed by atoms with Crippen LogP contribution in [0.3, 0.4) is 0 Å². The maximum absolute atomic E-state index is 5.76. The standard InChI is InChI=1S/C11H16N4O3/c1-16-6-7(17-2)5-13-9-4-3-8(12)10-11(9)15-18-14-10/h3-4,7,13H,5-6,12H2,1-2H3. The van der Waals surface area contributed by atoms with E-state index < -0.39 is 0 Å². The molecule has 0 radical (unpaired) electrons. The van der Waals surface area contributed by atoms with Crippen LogP contribution in [-0.4, -0.2) is 43.8 Å². The summed E-state index contributed by atoms with van der Waals surface area (Å²) in [5, 5.41) is 10.8. The van der Waals surface area contributed by atoms with Gasteiger partial charge in [0.1, 0.15) is 0 Å². The van der Waals surface area contributed by atoms with Crippen LogP contribution < -0.4 is 11.1 Å². The number of anilines is 2. The predicted molar refractivity (Wildman–Crippen MR) is 67.4 cm³/mol. The largest absolute Gasteiger partial charge is 0.397 e. The lowest BCUT2D eigenvalue weighted by Crippen LogP contribution is -2.26. The van der Waals surface area contributed by atoms with Crippen LogP contribution in [0.2, 0.25) is 0 Å². The van der Waals surface area contributed by atoms with Crippen LogP contribution in [0.25, 0.3) is 11.0 Å². The topological polar surface area (TPSA) is 95.4 Å². The van der Waals surface area contributed by atoms with Gasteiger partial charge in [0.05, 0.1) is 24.1 Å². The number of rotatable bonds is 6. The third kappa shape index (κ3) is 2.52. The van der Waals surface area contributed by atoms with Crippen LogP contribution in [-0.2, 0) is 9.47 Å². The molecule has 0 saturated heterocycles. The minimum atomic E-state index is -0.0394. The number of nitrogens with zero attached hydrogens (tertiary/aromatic N) is 2. The molecular formula is C11H16N4O3. The summed E-state index contributed by atoms with van der Waals surface area (Å²) in [7, 11) is 3.27. The number of nitrogen functional groups attached to an aromatic ring is 1. The van der Waals surface area contributed by atoms with E-state index in [1.165, 1.54) is 0 Å². The monoisotopic (exact) mass is 252 g/mol. The van der Waals surface area contributed by atoms with Crippen molar-refractivity contribution in [1.29, 1.82) is 0 Å². The average Bonchev–Trinajstić information content (AvgIpc) is 2.86. The summed E-state index contributed by atoms with van der Waals surface area (Å²) in [5.41, 5.74) is 8.28. The zero-order chi connectivity index (χ0) is 13.0. The number of methoxy groups -OCH3 is 2. The third-order valence-corrected chi connectivity index (χ3v) is 2.65. The normalized spacial score (nSPS) is 12.8. The van der Waals surface area contributed by atoms with Crippen molar-refractivity contribution < 1.29 is 14.1 Å². The first-order valence-corrected chi connectivity index (χ1v) is 5.52. The van der Waals surface area contributed by atoms with Crippen molar-refractivity contribution in [3.8, 4) is 0 Å². The summed E-state index contributed by atoms with van der Waals surface area (Å²) in [5.74, 6) is 0. The fraction of sp³-hybridized carbons (Fsp3) is 0.455. The fourth-order valence-electron chi connectivity index (χ4n) is 1.65. The lowest BCUT2D eigenvalue weighted by atomic mass is 10.2. The minimum absolute atomic E-state index is 0.0394. The molecule has 7 heteroatoms. The van der Waals surface area contributed by atoms with Gasteiger partial charge < -0.3 is 20.5 Å².